The van der Waals surface area contributed by atoms with Crippen molar-refractivity contribution < 1.29 is 17.3 Å². The average Bonchev–Trinajstić information content (AvgIpc) is 2.33. The highest BCUT2D eigenvalue weighted by molar-refractivity contribution is 7.75. The monoisotopic (exact) mass is 178 g/mol. The minimum Gasteiger partial charge on any atom is -0.373 e. The molecule has 2 heterocycles. The Hall–Kier alpha value is 0.0300. The van der Waals surface area contributed by atoms with Gasteiger partial charge >= 0.3 is 11.4 Å². The second-order valence-corrected chi connectivity index (χ2v) is 3.73. The van der Waals surface area contributed by atoms with Gasteiger partial charge in [0.25, 0.3) is 0 Å². The summed E-state index contributed by atoms with van der Waals surface area (Å²) in [6, 6.07) is 0. The van der Waals surface area contributed by atoms with Crippen LogP contribution < -0.4 is 0 Å². The Bertz CT molecular complexity index is 183. The summed E-state index contributed by atoms with van der Waals surface area (Å²) < 4.78 is 25.9. The summed E-state index contributed by atoms with van der Waals surface area (Å²) in [6.07, 6.45) is -0.0488. The van der Waals surface area contributed by atoms with Crippen molar-refractivity contribution >= 4 is 11.4 Å². The van der Waals surface area contributed by atoms with E-state index in [1.165, 1.54) is 0 Å². The molecular formula is C6H10O4S. The van der Waals surface area contributed by atoms with Gasteiger partial charge in [-0.25, -0.2) is 0 Å². The molecule has 4 unspecified atom stereocenters. The maximum atomic E-state index is 10.8. The van der Waals surface area contributed by atoms with E-state index in [0.717, 1.165) is 0 Å². The molecule has 2 aliphatic rings. The molecule has 0 aromatic rings. The molecular weight excluding hydrogens is 168 g/mol. The lowest BCUT2D eigenvalue weighted by atomic mass is 10.1. The van der Waals surface area contributed by atoms with Crippen LogP contribution in [-0.2, 0) is 24.5 Å². The van der Waals surface area contributed by atoms with Crippen molar-refractivity contribution in [3.8, 4) is 0 Å². The zero-order valence-electron chi connectivity index (χ0n) is 6.19. The maximum Gasteiger partial charge on any atom is 0.305 e. The number of fused-ring (bicyclic) bond motifs is 1. The van der Waals surface area contributed by atoms with Crippen molar-refractivity contribution in [2.24, 2.45) is 5.92 Å². The predicted molar refractivity (Wildman–Crippen MR) is 37.9 cm³/mol. The van der Waals surface area contributed by atoms with Crippen molar-refractivity contribution in [1.82, 2.24) is 0 Å². The molecule has 2 rings (SSSR count). The summed E-state index contributed by atoms with van der Waals surface area (Å²) in [5, 5.41) is 0. The van der Waals surface area contributed by atoms with Crippen LogP contribution in [0.25, 0.3) is 0 Å². The molecule has 0 aliphatic carbocycles. The fourth-order valence-electron chi connectivity index (χ4n) is 1.37. The Labute approximate surface area is 67.7 Å². The van der Waals surface area contributed by atoms with Crippen LogP contribution in [0.3, 0.4) is 0 Å². The third kappa shape index (κ3) is 1.33. The smallest absolute Gasteiger partial charge is 0.305 e. The van der Waals surface area contributed by atoms with E-state index in [9.17, 15) is 4.21 Å². The fraction of sp³-hybridized carbons (Fsp3) is 1.00. The molecule has 2 aliphatic heterocycles. The van der Waals surface area contributed by atoms with Crippen LogP contribution in [0.2, 0.25) is 0 Å². The van der Waals surface area contributed by atoms with Crippen LogP contribution in [0.4, 0.5) is 0 Å². The second kappa shape index (κ2) is 2.82. The Morgan fingerprint density at radius 2 is 2.27 bits per heavy atom. The minimum atomic E-state index is -1.55. The van der Waals surface area contributed by atoms with E-state index in [1.54, 1.807) is 0 Å². The minimum absolute atomic E-state index is 0.0114. The number of rotatable bonds is 0. The van der Waals surface area contributed by atoms with Crippen LogP contribution in [0.1, 0.15) is 6.92 Å². The summed E-state index contributed by atoms with van der Waals surface area (Å²) in [5.41, 5.74) is 0. The van der Waals surface area contributed by atoms with Crippen LogP contribution in [0.5, 0.6) is 0 Å². The third-order valence-corrected chi connectivity index (χ3v) is 2.73. The van der Waals surface area contributed by atoms with E-state index in [-0.39, 0.29) is 12.2 Å². The van der Waals surface area contributed by atoms with Gasteiger partial charge in [0.2, 0.25) is 0 Å². The van der Waals surface area contributed by atoms with Gasteiger partial charge in [0.05, 0.1) is 13.2 Å². The van der Waals surface area contributed by atoms with Crippen molar-refractivity contribution in [1.29, 1.82) is 0 Å². The molecule has 0 aromatic carbocycles. The average molecular weight is 178 g/mol. The van der Waals surface area contributed by atoms with Crippen LogP contribution in [0, 0.1) is 5.92 Å². The number of hydrogen-bond donors (Lipinski definition) is 0. The van der Waals surface area contributed by atoms with E-state index in [2.05, 4.69) is 0 Å². The normalized spacial score (nSPS) is 50.6. The van der Waals surface area contributed by atoms with E-state index >= 15 is 0 Å². The van der Waals surface area contributed by atoms with Crippen molar-refractivity contribution in [3.05, 3.63) is 0 Å². The zero-order chi connectivity index (χ0) is 7.84. The standard InChI is InChI=1S/C6H10O4S/c1-4-2-8-5-3-9-11(7)10-6(4)5/h4-6H,2-3H2,1H3. The quantitative estimate of drug-likeness (QED) is 0.524. The van der Waals surface area contributed by atoms with Gasteiger partial charge in [-0.3, -0.25) is 8.37 Å². The maximum absolute atomic E-state index is 10.8. The summed E-state index contributed by atoms with van der Waals surface area (Å²) in [6.45, 7) is 3.09. The van der Waals surface area contributed by atoms with Gasteiger partial charge in [-0.05, 0) is 0 Å². The molecule has 2 fully saturated rings. The van der Waals surface area contributed by atoms with Crippen molar-refractivity contribution in [3.63, 3.8) is 0 Å². The molecule has 5 heteroatoms. The fourth-order valence-corrected chi connectivity index (χ4v) is 2.17. The number of ether oxygens (including phenoxy) is 1. The first-order valence-corrected chi connectivity index (χ1v) is 4.61. The zero-order valence-corrected chi connectivity index (χ0v) is 7.00. The summed E-state index contributed by atoms with van der Waals surface area (Å²) in [7, 11) is 0. The summed E-state index contributed by atoms with van der Waals surface area (Å²) in [4.78, 5) is 0. The van der Waals surface area contributed by atoms with Gasteiger partial charge in [-0.2, -0.15) is 4.21 Å². The number of hydrogen-bond acceptors (Lipinski definition) is 4. The SMILES string of the molecule is CC1COC2COS(=O)OC12. The van der Waals surface area contributed by atoms with Gasteiger partial charge < -0.3 is 4.74 Å². The first-order chi connectivity index (χ1) is 5.27. The lowest BCUT2D eigenvalue weighted by Crippen LogP contribution is -2.38. The Morgan fingerprint density at radius 1 is 1.45 bits per heavy atom. The van der Waals surface area contributed by atoms with Gasteiger partial charge in [0.15, 0.2) is 0 Å². The Morgan fingerprint density at radius 3 is 3.09 bits per heavy atom. The van der Waals surface area contributed by atoms with Gasteiger partial charge in [0.1, 0.15) is 12.2 Å². The molecule has 11 heavy (non-hydrogen) atoms. The lowest BCUT2D eigenvalue weighted by Gasteiger charge is -2.24. The van der Waals surface area contributed by atoms with Crippen LogP contribution in [0.15, 0.2) is 0 Å². The largest absolute Gasteiger partial charge is 0.373 e. The van der Waals surface area contributed by atoms with Crippen LogP contribution in [-0.4, -0.2) is 29.6 Å². The molecule has 0 saturated carbocycles. The molecule has 0 spiro atoms. The van der Waals surface area contributed by atoms with Crippen molar-refractivity contribution in [2.75, 3.05) is 13.2 Å². The van der Waals surface area contributed by atoms with E-state index in [4.69, 9.17) is 13.1 Å². The lowest BCUT2D eigenvalue weighted by molar-refractivity contribution is -0.00776. The first-order valence-electron chi connectivity index (χ1n) is 3.61. The highest BCUT2D eigenvalue weighted by Crippen LogP contribution is 2.27. The first kappa shape index (κ1) is 7.67. The molecule has 0 amide bonds. The molecule has 0 radical (unpaired) electrons. The molecule has 64 valence electrons. The van der Waals surface area contributed by atoms with Gasteiger partial charge in [0, 0.05) is 5.92 Å². The second-order valence-electron chi connectivity index (χ2n) is 2.90. The third-order valence-electron chi connectivity index (χ3n) is 2.02. The Kier molecular flexibility index (Phi) is 1.97. The molecule has 4 nitrogen and oxygen atoms in total. The van der Waals surface area contributed by atoms with Gasteiger partial charge in [-0.15, -0.1) is 0 Å². The molecule has 0 aromatic heterocycles. The molecule has 0 N–H and O–H groups in total. The summed E-state index contributed by atoms with van der Waals surface area (Å²) in [5.74, 6) is 0.327. The highest BCUT2D eigenvalue weighted by Gasteiger charge is 2.40. The van der Waals surface area contributed by atoms with E-state index < -0.39 is 11.4 Å². The van der Waals surface area contributed by atoms with E-state index in [1.807, 2.05) is 6.92 Å². The predicted octanol–water partition coefficient (Wildman–Crippen LogP) is 0.0154. The van der Waals surface area contributed by atoms with Gasteiger partial charge in [-0.1, -0.05) is 6.92 Å². The molecule has 0 bridgehead atoms. The highest BCUT2D eigenvalue weighted by atomic mass is 32.2. The molecule has 4 atom stereocenters. The Balaban J connectivity index is 2.07. The van der Waals surface area contributed by atoms with E-state index in [0.29, 0.717) is 19.1 Å². The molecule has 2 saturated heterocycles. The van der Waals surface area contributed by atoms with Crippen LogP contribution >= 0.6 is 0 Å². The topological polar surface area (TPSA) is 44.8 Å². The van der Waals surface area contributed by atoms with Crippen molar-refractivity contribution in [2.45, 2.75) is 19.1 Å². The summed E-state index contributed by atoms with van der Waals surface area (Å²) >= 11 is -1.55.